The van der Waals surface area contributed by atoms with Gasteiger partial charge in [-0.3, -0.25) is 8.37 Å². The van der Waals surface area contributed by atoms with E-state index in [1.165, 1.54) is 0 Å². The molecule has 1 heterocycles. The second-order valence-electron chi connectivity index (χ2n) is 10.5. The van der Waals surface area contributed by atoms with Gasteiger partial charge in [0.2, 0.25) is 0 Å². The first-order valence-electron chi connectivity index (χ1n) is 12.6. The molecule has 3 rings (SSSR count). The zero-order chi connectivity index (χ0) is 27.8. The first kappa shape index (κ1) is 30.1. The molecule has 0 N–H and O–H groups in total. The molecule has 1 amide bonds. The van der Waals surface area contributed by atoms with Crippen LogP contribution in [-0.2, 0) is 44.8 Å². The van der Waals surface area contributed by atoms with Crippen LogP contribution in [0.3, 0.4) is 0 Å². The second-order valence-corrected chi connectivity index (χ2v) is 13.8. The van der Waals surface area contributed by atoms with Crippen LogP contribution in [-0.4, -0.2) is 59.7 Å². The van der Waals surface area contributed by atoms with Crippen molar-refractivity contribution in [1.29, 1.82) is 0 Å². The van der Waals surface area contributed by atoms with Gasteiger partial charge in [0.1, 0.15) is 17.1 Å². The van der Waals surface area contributed by atoms with Crippen LogP contribution in [0.1, 0.15) is 44.7 Å². The van der Waals surface area contributed by atoms with Gasteiger partial charge in [-0.25, -0.2) is 4.79 Å². The number of carbonyl (C=O) groups excluding carboxylic acids is 1. The van der Waals surface area contributed by atoms with Gasteiger partial charge in [0, 0.05) is 19.0 Å². The minimum absolute atomic E-state index is 0.104. The molecule has 1 fully saturated rings. The number of ether oxygens (including phenoxy) is 1. The summed E-state index contributed by atoms with van der Waals surface area (Å²) in [6.07, 6.45) is 0.665. The minimum atomic E-state index is -3.90. The van der Waals surface area contributed by atoms with Crippen molar-refractivity contribution in [3.63, 3.8) is 0 Å². The zero-order valence-corrected chi connectivity index (χ0v) is 23.7. The van der Waals surface area contributed by atoms with Gasteiger partial charge in [0.05, 0.1) is 13.2 Å². The van der Waals surface area contributed by atoms with Crippen molar-refractivity contribution in [2.75, 3.05) is 26.3 Å². The molecular formula is C27H37NO8S2. The Hall–Kier alpha value is -2.47. The number of carbonyl (C=O) groups is 1. The van der Waals surface area contributed by atoms with E-state index in [0.29, 0.717) is 37.1 Å². The summed E-state index contributed by atoms with van der Waals surface area (Å²) >= 11 is 0. The van der Waals surface area contributed by atoms with E-state index in [4.69, 9.17) is 13.1 Å². The molecule has 38 heavy (non-hydrogen) atoms. The molecule has 0 aliphatic carbocycles. The Morgan fingerprint density at radius 2 is 1.24 bits per heavy atom. The molecular weight excluding hydrogens is 530 g/mol. The predicted octanol–water partition coefficient (Wildman–Crippen LogP) is 4.34. The van der Waals surface area contributed by atoms with Crippen molar-refractivity contribution in [1.82, 2.24) is 4.90 Å². The third-order valence-corrected chi connectivity index (χ3v) is 8.52. The maximum absolute atomic E-state index is 12.7. The van der Waals surface area contributed by atoms with Crippen LogP contribution >= 0.6 is 0 Å². The molecule has 2 aromatic rings. The Morgan fingerprint density at radius 1 is 0.816 bits per heavy atom. The topological polar surface area (TPSA) is 116 Å². The zero-order valence-electron chi connectivity index (χ0n) is 22.1. The third-order valence-electron chi connectivity index (χ3n) is 6.15. The van der Waals surface area contributed by atoms with E-state index in [9.17, 15) is 21.6 Å². The molecule has 210 valence electrons. The molecule has 1 saturated heterocycles. The number of rotatable bonds is 11. The van der Waals surface area contributed by atoms with Gasteiger partial charge in [-0.05, 0) is 50.7 Å². The van der Waals surface area contributed by atoms with Crippen molar-refractivity contribution in [2.24, 2.45) is 11.8 Å². The van der Waals surface area contributed by atoms with E-state index in [2.05, 4.69) is 0 Å². The summed E-state index contributed by atoms with van der Waals surface area (Å²) in [7, 11) is -7.81. The molecule has 0 saturated carbocycles. The summed E-state index contributed by atoms with van der Waals surface area (Å²) in [4.78, 5) is 14.1. The molecule has 11 heteroatoms. The molecule has 0 bridgehead atoms. The number of piperidine rings is 1. The average Bonchev–Trinajstić information content (AvgIpc) is 2.84. The van der Waals surface area contributed by atoms with Crippen molar-refractivity contribution in [2.45, 2.75) is 50.7 Å². The first-order valence-corrected chi connectivity index (χ1v) is 15.8. The fourth-order valence-corrected chi connectivity index (χ4v) is 6.35. The van der Waals surface area contributed by atoms with Crippen LogP contribution in [0.5, 0.6) is 0 Å². The van der Waals surface area contributed by atoms with Crippen LogP contribution in [0.25, 0.3) is 0 Å². The van der Waals surface area contributed by atoms with Crippen LogP contribution < -0.4 is 0 Å². The number of hydrogen-bond donors (Lipinski definition) is 0. The van der Waals surface area contributed by atoms with Gasteiger partial charge in [0.25, 0.3) is 20.2 Å². The van der Waals surface area contributed by atoms with Gasteiger partial charge in [-0.15, -0.1) is 0 Å². The van der Waals surface area contributed by atoms with E-state index >= 15 is 0 Å². The van der Waals surface area contributed by atoms with E-state index in [1.54, 1.807) is 86.3 Å². The molecule has 9 nitrogen and oxygen atoms in total. The Morgan fingerprint density at radius 3 is 1.63 bits per heavy atom. The minimum Gasteiger partial charge on any atom is -0.444 e. The highest BCUT2D eigenvalue weighted by atomic mass is 32.2. The van der Waals surface area contributed by atoms with Crippen LogP contribution in [0.4, 0.5) is 4.79 Å². The summed E-state index contributed by atoms with van der Waals surface area (Å²) < 4.78 is 66.8. The van der Waals surface area contributed by atoms with Gasteiger partial charge in [0.15, 0.2) is 0 Å². The normalized spacial score (nSPS) is 15.5. The lowest BCUT2D eigenvalue weighted by atomic mass is 9.85. The summed E-state index contributed by atoms with van der Waals surface area (Å²) in [5, 5.41) is 0. The Balaban J connectivity index is 1.65. The smallest absolute Gasteiger partial charge is 0.410 e. The highest BCUT2D eigenvalue weighted by molar-refractivity contribution is 7.86. The number of hydrogen-bond acceptors (Lipinski definition) is 8. The molecule has 0 aromatic heterocycles. The van der Waals surface area contributed by atoms with Gasteiger partial charge in [-0.1, -0.05) is 60.7 Å². The van der Waals surface area contributed by atoms with E-state index in [-0.39, 0.29) is 30.6 Å². The quantitative estimate of drug-likeness (QED) is 0.368. The van der Waals surface area contributed by atoms with Crippen LogP contribution in [0.15, 0.2) is 60.7 Å². The summed E-state index contributed by atoms with van der Waals surface area (Å²) in [5.74, 6) is -1.19. The lowest BCUT2D eigenvalue weighted by Crippen LogP contribution is -2.44. The number of nitrogens with zero attached hydrogens (tertiary/aromatic N) is 1. The number of likely N-dealkylation sites (tertiary alicyclic amines) is 1. The molecule has 0 atom stereocenters. The monoisotopic (exact) mass is 567 g/mol. The van der Waals surface area contributed by atoms with Gasteiger partial charge < -0.3 is 9.64 Å². The van der Waals surface area contributed by atoms with Crippen molar-refractivity contribution in [3.8, 4) is 0 Å². The lowest BCUT2D eigenvalue weighted by Gasteiger charge is -2.36. The van der Waals surface area contributed by atoms with Crippen LogP contribution in [0.2, 0.25) is 0 Å². The number of benzene rings is 2. The molecule has 0 spiro atoms. The average molecular weight is 568 g/mol. The van der Waals surface area contributed by atoms with Crippen molar-refractivity contribution < 1.29 is 34.7 Å². The Kier molecular flexibility index (Phi) is 10.3. The number of amides is 1. The molecule has 2 aromatic carbocycles. The van der Waals surface area contributed by atoms with Crippen molar-refractivity contribution >= 4 is 26.3 Å². The molecule has 0 radical (unpaired) electrons. The maximum Gasteiger partial charge on any atom is 0.410 e. The fourth-order valence-electron chi connectivity index (χ4n) is 4.22. The van der Waals surface area contributed by atoms with E-state index < -0.39 is 37.8 Å². The van der Waals surface area contributed by atoms with Gasteiger partial charge >= 0.3 is 6.09 Å². The van der Waals surface area contributed by atoms with Crippen LogP contribution in [0, 0.1) is 11.8 Å². The first-order chi connectivity index (χ1) is 17.8. The highest BCUT2D eigenvalue weighted by Crippen LogP contribution is 2.28. The highest BCUT2D eigenvalue weighted by Gasteiger charge is 2.33. The standard InChI is InChI=1S/C27H37NO8S2/c1-27(2,3)36-26(29)28-16-14-24(15-17-28)25(18-34-37(30,31)20-22-10-6-4-7-11-22)19-35-38(32,33)21-23-12-8-5-9-13-23/h4-13,24-25H,14-21H2,1-3H3. The molecule has 0 unspecified atom stereocenters. The Labute approximate surface area is 226 Å². The largest absolute Gasteiger partial charge is 0.444 e. The molecule has 1 aliphatic rings. The van der Waals surface area contributed by atoms with E-state index in [1.807, 2.05) is 0 Å². The fraction of sp³-hybridized carbons (Fsp3) is 0.519. The maximum atomic E-state index is 12.7. The lowest BCUT2D eigenvalue weighted by molar-refractivity contribution is 0.0128. The summed E-state index contributed by atoms with van der Waals surface area (Å²) in [6, 6.07) is 17.4. The predicted molar refractivity (Wildman–Crippen MR) is 144 cm³/mol. The molecule has 1 aliphatic heterocycles. The van der Waals surface area contributed by atoms with Gasteiger partial charge in [-0.2, -0.15) is 16.8 Å². The van der Waals surface area contributed by atoms with Crippen molar-refractivity contribution in [3.05, 3.63) is 71.8 Å². The second kappa shape index (κ2) is 13.1. The summed E-state index contributed by atoms with van der Waals surface area (Å²) in [5.41, 5.74) is 0.575. The summed E-state index contributed by atoms with van der Waals surface area (Å²) in [6.45, 7) is 5.78. The third kappa shape index (κ3) is 10.4. The van der Waals surface area contributed by atoms with E-state index in [0.717, 1.165) is 0 Å². The Bertz CT molecular complexity index is 1160. The SMILES string of the molecule is CC(C)(C)OC(=O)N1CCC(C(COS(=O)(=O)Cc2ccccc2)COS(=O)(=O)Cc2ccccc2)CC1.